The molecule has 4 nitrogen and oxygen atoms in total. The Balaban J connectivity index is 2.42. The fourth-order valence-corrected chi connectivity index (χ4v) is 3.05. The van der Waals surface area contributed by atoms with E-state index in [0.29, 0.717) is 6.42 Å². The molecule has 1 atom stereocenters. The van der Waals surface area contributed by atoms with E-state index < -0.39 is 0 Å². The van der Waals surface area contributed by atoms with Gasteiger partial charge in [-0.25, -0.2) is 5.43 Å². The summed E-state index contributed by atoms with van der Waals surface area (Å²) in [5.41, 5.74) is 5.60. The molecule has 1 aliphatic rings. The smallest absolute Gasteiger partial charge is 0.240 e. The highest BCUT2D eigenvalue weighted by Gasteiger charge is 2.19. The summed E-state index contributed by atoms with van der Waals surface area (Å²) >= 11 is 1.69. The van der Waals surface area contributed by atoms with Gasteiger partial charge in [-0.3, -0.25) is 4.79 Å². The first-order valence-electron chi connectivity index (χ1n) is 6.83. The number of nitrogens with one attached hydrogen (secondary N) is 1. The second kappa shape index (κ2) is 6.80. The van der Waals surface area contributed by atoms with Crippen LogP contribution in [-0.2, 0) is 4.79 Å². The molecule has 0 spiro atoms. The number of hydrogen-bond acceptors (Lipinski definition) is 4. The number of carbonyl (C=O) groups is 1. The Morgan fingerprint density at radius 3 is 2.90 bits per heavy atom. The Morgan fingerprint density at radius 2 is 2.29 bits per heavy atom. The van der Waals surface area contributed by atoms with Gasteiger partial charge in [-0.2, -0.15) is 5.10 Å². The highest BCUT2D eigenvalue weighted by molar-refractivity contribution is 7.98. The van der Waals surface area contributed by atoms with Gasteiger partial charge in [0.25, 0.3) is 0 Å². The molecule has 0 fully saturated rings. The summed E-state index contributed by atoms with van der Waals surface area (Å²) in [6.07, 6.45) is 4.55. The predicted molar refractivity (Wildman–Crippen MR) is 87.8 cm³/mol. The van der Waals surface area contributed by atoms with Crippen molar-refractivity contribution in [2.75, 3.05) is 13.4 Å². The molecule has 0 radical (unpaired) electrons. The number of rotatable bonds is 4. The molecule has 1 aromatic carbocycles. The molecule has 112 valence electrons. The molecule has 1 aromatic rings. The van der Waals surface area contributed by atoms with Gasteiger partial charge in [0.15, 0.2) is 0 Å². The average molecular weight is 304 g/mol. The van der Waals surface area contributed by atoms with Crippen LogP contribution in [0.15, 0.2) is 34.3 Å². The largest absolute Gasteiger partial charge is 0.496 e. The van der Waals surface area contributed by atoms with E-state index in [1.165, 1.54) is 0 Å². The van der Waals surface area contributed by atoms with Crippen LogP contribution in [0.25, 0.3) is 5.57 Å². The van der Waals surface area contributed by atoms with Crippen LogP contribution in [0.5, 0.6) is 5.75 Å². The molecule has 0 saturated heterocycles. The summed E-state index contributed by atoms with van der Waals surface area (Å²) in [5.74, 6) is 0.948. The minimum Gasteiger partial charge on any atom is -0.496 e. The van der Waals surface area contributed by atoms with Crippen LogP contribution < -0.4 is 10.2 Å². The summed E-state index contributed by atoms with van der Waals surface area (Å²) < 4.78 is 5.48. The number of amides is 1. The highest BCUT2D eigenvalue weighted by atomic mass is 32.2. The summed E-state index contributed by atoms with van der Waals surface area (Å²) in [5, 5.41) is 4.16. The quantitative estimate of drug-likeness (QED) is 0.868. The van der Waals surface area contributed by atoms with Crippen LogP contribution >= 0.6 is 11.8 Å². The van der Waals surface area contributed by atoms with Crippen molar-refractivity contribution in [3.05, 3.63) is 29.8 Å². The Kier molecular flexibility index (Phi) is 5.07. The first-order valence-corrected chi connectivity index (χ1v) is 8.05. The molecule has 1 amide bonds. The number of methoxy groups -OCH3 is 1. The lowest BCUT2D eigenvalue weighted by Gasteiger charge is -2.18. The van der Waals surface area contributed by atoms with Gasteiger partial charge in [0.1, 0.15) is 5.75 Å². The number of hydrazone groups is 1. The molecule has 1 N–H and O–H groups in total. The van der Waals surface area contributed by atoms with E-state index in [-0.39, 0.29) is 11.8 Å². The number of thioether (sulfide) groups is 1. The molecular formula is C16H20N2O2S. The summed E-state index contributed by atoms with van der Waals surface area (Å²) in [6, 6.07) is 6.02. The third-order valence-corrected chi connectivity index (χ3v) is 4.27. The maximum atomic E-state index is 11.3. The van der Waals surface area contributed by atoms with Crippen LogP contribution in [0.3, 0.4) is 0 Å². The lowest BCUT2D eigenvalue weighted by Crippen LogP contribution is -2.30. The molecule has 2 rings (SSSR count). The van der Waals surface area contributed by atoms with Gasteiger partial charge in [-0.1, -0.05) is 13.0 Å². The lowest BCUT2D eigenvalue weighted by atomic mass is 9.96. The van der Waals surface area contributed by atoms with E-state index in [9.17, 15) is 4.79 Å². The van der Waals surface area contributed by atoms with Crippen LogP contribution in [-0.4, -0.2) is 25.0 Å². The molecule has 0 aromatic heterocycles. The topological polar surface area (TPSA) is 50.7 Å². The van der Waals surface area contributed by atoms with Crippen molar-refractivity contribution >= 4 is 29.0 Å². The van der Waals surface area contributed by atoms with Gasteiger partial charge in [-0.15, -0.1) is 11.8 Å². The molecule has 1 aliphatic heterocycles. The second-order valence-corrected chi connectivity index (χ2v) is 5.89. The highest BCUT2D eigenvalue weighted by Crippen LogP contribution is 2.34. The monoisotopic (exact) mass is 304 g/mol. The number of benzene rings is 1. The van der Waals surface area contributed by atoms with Crippen molar-refractivity contribution in [3.63, 3.8) is 0 Å². The molecule has 5 heteroatoms. The standard InChI is InChI=1S/C16H20N2O2S/c1-10-9-15(19)18-17-12(10)8-11(2)16-13(20-3)6-5-7-14(16)21-4/h5-8,10H,9H2,1-4H3,(H,18,19). The average Bonchev–Trinajstić information content (AvgIpc) is 2.49. The number of hydrogen-bond donors (Lipinski definition) is 1. The zero-order valence-electron chi connectivity index (χ0n) is 12.8. The minimum atomic E-state index is -0.0283. The number of nitrogens with zero attached hydrogens (tertiary/aromatic N) is 1. The fourth-order valence-electron chi connectivity index (χ4n) is 2.37. The van der Waals surface area contributed by atoms with Crippen LogP contribution in [0, 0.1) is 5.92 Å². The zero-order chi connectivity index (χ0) is 15.4. The van der Waals surface area contributed by atoms with Gasteiger partial charge < -0.3 is 4.74 Å². The van der Waals surface area contributed by atoms with E-state index in [1.54, 1.807) is 18.9 Å². The Bertz CT molecular complexity index is 586. The summed E-state index contributed by atoms with van der Waals surface area (Å²) in [6.45, 7) is 4.06. The molecule has 1 heterocycles. The second-order valence-electron chi connectivity index (χ2n) is 5.04. The number of ether oxygens (including phenoxy) is 1. The molecule has 21 heavy (non-hydrogen) atoms. The van der Waals surface area contributed by atoms with E-state index in [4.69, 9.17) is 4.74 Å². The van der Waals surface area contributed by atoms with Crippen molar-refractivity contribution in [3.8, 4) is 5.75 Å². The predicted octanol–water partition coefficient (Wildman–Crippen LogP) is 3.33. The van der Waals surface area contributed by atoms with E-state index in [2.05, 4.69) is 16.6 Å². The van der Waals surface area contributed by atoms with Crippen LogP contribution in [0.4, 0.5) is 0 Å². The fraction of sp³-hybridized carbons (Fsp3) is 0.375. The van der Waals surface area contributed by atoms with Crippen molar-refractivity contribution in [2.24, 2.45) is 11.0 Å². The van der Waals surface area contributed by atoms with Gasteiger partial charge in [-0.05, 0) is 37.0 Å². The summed E-state index contributed by atoms with van der Waals surface area (Å²) in [7, 11) is 1.68. The van der Waals surface area contributed by atoms with Crippen LogP contribution in [0.2, 0.25) is 0 Å². The molecule has 0 saturated carbocycles. The van der Waals surface area contributed by atoms with E-state index in [1.807, 2.05) is 38.3 Å². The number of carbonyl (C=O) groups excluding carboxylic acids is 1. The third-order valence-electron chi connectivity index (χ3n) is 3.49. The summed E-state index contributed by atoms with van der Waals surface area (Å²) in [4.78, 5) is 12.5. The van der Waals surface area contributed by atoms with E-state index in [0.717, 1.165) is 27.5 Å². The van der Waals surface area contributed by atoms with Crippen molar-refractivity contribution in [1.29, 1.82) is 0 Å². The number of allylic oxidation sites excluding steroid dienone is 2. The van der Waals surface area contributed by atoms with Gasteiger partial charge >= 0.3 is 0 Å². The molecule has 0 bridgehead atoms. The van der Waals surface area contributed by atoms with Gasteiger partial charge in [0, 0.05) is 22.8 Å². The van der Waals surface area contributed by atoms with Crippen molar-refractivity contribution in [2.45, 2.75) is 25.2 Å². The Hall–Kier alpha value is -1.75. The van der Waals surface area contributed by atoms with Crippen LogP contribution in [0.1, 0.15) is 25.8 Å². The first-order chi connectivity index (χ1) is 10.1. The Labute approximate surface area is 129 Å². The van der Waals surface area contributed by atoms with Crippen molar-refractivity contribution in [1.82, 2.24) is 5.43 Å². The third kappa shape index (κ3) is 3.47. The Morgan fingerprint density at radius 1 is 1.52 bits per heavy atom. The normalized spacial score (nSPS) is 19.0. The lowest BCUT2D eigenvalue weighted by molar-refractivity contribution is -0.121. The SMILES string of the molecule is COc1cccc(SC)c1C(C)=CC1=NNC(=O)CC1C. The molecule has 1 unspecified atom stereocenters. The molecule has 0 aliphatic carbocycles. The zero-order valence-corrected chi connectivity index (χ0v) is 13.6. The minimum absolute atomic E-state index is 0.0283. The first kappa shape index (κ1) is 15.6. The van der Waals surface area contributed by atoms with Crippen molar-refractivity contribution < 1.29 is 9.53 Å². The van der Waals surface area contributed by atoms with Gasteiger partial charge in [0.2, 0.25) is 5.91 Å². The van der Waals surface area contributed by atoms with Gasteiger partial charge in [0.05, 0.1) is 12.8 Å². The van der Waals surface area contributed by atoms with E-state index >= 15 is 0 Å². The molecular weight excluding hydrogens is 284 g/mol. The maximum absolute atomic E-state index is 11.3. The maximum Gasteiger partial charge on any atom is 0.240 e.